The zero-order chi connectivity index (χ0) is 18.5. The standard InChI is InChI=1S/C15H26N6O3/c1-6-15(20(2)3,21(4)5)24-12-9-10(13(22)18-16)7-8-11(12)14(23)19-17/h7-9H,6,16-17H2,1-5H3,(H,18,22)(H,19,23). The highest BCUT2D eigenvalue weighted by molar-refractivity contribution is 5.99. The zero-order valence-corrected chi connectivity index (χ0v) is 14.7. The summed E-state index contributed by atoms with van der Waals surface area (Å²) in [7, 11) is 7.45. The van der Waals surface area contributed by atoms with Gasteiger partial charge in [-0.05, 0) is 46.4 Å². The van der Waals surface area contributed by atoms with E-state index in [1.165, 1.54) is 18.2 Å². The summed E-state index contributed by atoms with van der Waals surface area (Å²) >= 11 is 0. The van der Waals surface area contributed by atoms with E-state index in [0.717, 1.165) is 0 Å². The fraction of sp³-hybridized carbons (Fsp3) is 0.467. The number of nitrogen functional groups attached to an aromatic ring is 2. The van der Waals surface area contributed by atoms with Gasteiger partial charge in [-0.1, -0.05) is 6.92 Å². The Balaban J connectivity index is 3.46. The summed E-state index contributed by atoms with van der Waals surface area (Å²) in [4.78, 5) is 27.6. The Labute approximate surface area is 141 Å². The Bertz CT molecular complexity index is 595. The highest BCUT2D eigenvalue weighted by Crippen LogP contribution is 2.29. The van der Waals surface area contributed by atoms with Crippen molar-refractivity contribution in [2.24, 2.45) is 11.7 Å². The van der Waals surface area contributed by atoms with Crippen molar-refractivity contribution in [3.63, 3.8) is 0 Å². The van der Waals surface area contributed by atoms with E-state index in [2.05, 4.69) is 10.9 Å². The number of hydrogen-bond acceptors (Lipinski definition) is 7. The molecule has 0 aliphatic rings. The lowest BCUT2D eigenvalue weighted by molar-refractivity contribution is -0.161. The number of benzene rings is 1. The molecule has 0 atom stereocenters. The molecule has 24 heavy (non-hydrogen) atoms. The number of hydrazine groups is 2. The van der Waals surface area contributed by atoms with Crippen LogP contribution in [-0.4, -0.2) is 55.7 Å². The van der Waals surface area contributed by atoms with Crippen LogP contribution in [0.15, 0.2) is 18.2 Å². The van der Waals surface area contributed by atoms with Gasteiger partial charge in [-0.15, -0.1) is 0 Å². The lowest BCUT2D eigenvalue weighted by Gasteiger charge is -2.44. The van der Waals surface area contributed by atoms with Gasteiger partial charge in [0.1, 0.15) is 5.75 Å². The molecule has 134 valence electrons. The van der Waals surface area contributed by atoms with Crippen LogP contribution in [0, 0.1) is 0 Å². The lowest BCUT2D eigenvalue weighted by atomic mass is 10.1. The molecule has 0 aromatic heterocycles. The van der Waals surface area contributed by atoms with Crippen LogP contribution in [-0.2, 0) is 0 Å². The van der Waals surface area contributed by atoms with Gasteiger partial charge in [0.25, 0.3) is 11.8 Å². The first-order valence-electron chi connectivity index (χ1n) is 7.43. The SMILES string of the molecule is CCC(Oc1cc(C(=O)NN)ccc1C(=O)NN)(N(C)C)N(C)C. The summed E-state index contributed by atoms with van der Waals surface area (Å²) in [5.41, 5.74) is 4.61. The summed E-state index contributed by atoms with van der Waals surface area (Å²) in [6, 6.07) is 4.40. The molecule has 0 saturated carbocycles. The van der Waals surface area contributed by atoms with Gasteiger partial charge in [-0.2, -0.15) is 0 Å². The predicted octanol–water partition coefficient (Wildman–Crippen LogP) is -0.541. The number of amides is 2. The van der Waals surface area contributed by atoms with Gasteiger partial charge in [-0.25, -0.2) is 11.7 Å². The first kappa shape index (κ1) is 19.8. The van der Waals surface area contributed by atoms with Crippen LogP contribution in [0.5, 0.6) is 5.75 Å². The molecule has 0 fully saturated rings. The molecule has 0 saturated heterocycles. The first-order valence-corrected chi connectivity index (χ1v) is 7.43. The molecule has 9 nitrogen and oxygen atoms in total. The van der Waals surface area contributed by atoms with Gasteiger partial charge in [0.15, 0.2) is 0 Å². The second kappa shape index (κ2) is 8.06. The van der Waals surface area contributed by atoms with Crippen LogP contribution in [0.1, 0.15) is 34.1 Å². The molecular weight excluding hydrogens is 312 g/mol. The van der Waals surface area contributed by atoms with Crippen LogP contribution in [0.25, 0.3) is 0 Å². The van der Waals surface area contributed by atoms with E-state index in [9.17, 15) is 9.59 Å². The molecule has 0 aliphatic carbocycles. The number of nitrogens with two attached hydrogens (primary N) is 2. The van der Waals surface area contributed by atoms with Crippen molar-refractivity contribution < 1.29 is 14.3 Å². The second-order valence-corrected chi connectivity index (χ2v) is 5.65. The van der Waals surface area contributed by atoms with Crippen molar-refractivity contribution in [2.75, 3.05) is 28.2 Å². The largest absolute Gasteiger partial charge is 0.458 e. The normalized spacial score (nSPS) is 11.5. The Morgan fingerprint density at radius 1 is 1.08 bits per heavy atom. The maximum absolute atomic E-state index is 12.0. The Morgan fingerprint density at radius 2 is 1.62 bits per heavy atom. The Morgan fingerprint density at radius 3 is 2.04 bits per heavy atom. The smallest absolute Gasteiger partial charge is 0.268 e. The monoisotopic (exact) mass is 338 g/mol. The molecule has 0 bridgehead atoms. The summed E-state index contributed by atoms with van der Waals surface area (Å²) in [6.45, 7) is 1.96. The van der Waals surface area contributed by atoms with Gasteiger partial charge >= 0.3 is 0 Å². The van der Waals surface area contributed by atoms with Crippen molar-refractivity contribution >= 4 is 11.8 Å². The lowest BCUT2D eigenvalue weighted by Crippen LogP contribution is -2.59. The minimum Gasteiger partial charge on any atom is -0.458 e. The number of nitrogens with one attached hydrogen (secondary N) is 2. The fourth-order valence-corrected chi connectivity index (χ4v) is 2.56. The Hall–Kier alpha value is -2.20. The molecule has 1 rings (SSSR count). The molecule has 1 aromatic rings. The minimum absolute atomic E-state index is 0.215. The zero-order valence-electron chi connectivity index (χ0n) is 14.7. The molecule has 0 radical (unpaired) electrons. The van der Waals surface area contributed by atoms with Crippen molar-refractivity contribution in [3.05, 3.63) is 29.3 Å². The average Bonchev–Trinajstić information content (AvgIpc) is 2.57. The summed E-state index contributed by atoms with van der Waals surface area (Å²) in [6.07, 6.45) is 0.601. The average molecular weight is 338 g/mol. The maximum atomic E-state index is 12.0. The van der Waals surface area contributed by atoms with Gasteiger partial charge in [0, 0.05) is 12.0 Å². The summed E-state index contributed by atoms with van der Waals surface area (Å²) in [5, 5.41) is 0. The van der Waals surface area contributed by atoms with Gasteiger partial charge in [0.2, 0.25) is 5.85 Å². The molecular formula is C15H26N6O3. The summed E-state index contributed by atoms with van der Waals surface area (Å²) < 4.78 is 6.18. The summed E-state index contributed by atoms with van der Waals surface area (Å²) in [5.74, 6) is 8.81. The van der Waals surface area contributed by atoms with Crippen molar-refractivity contribution in [2.45, 2.75) is 19.2 Å². The third kappa shape index (κ3) is 3.82. The van der Waals surface area contributed by atoms with E-state index in [0.29, 0.717) is 6.42 Å². The van der Waals surface area contributed by atoms with Crippen LogP contribution in [0.3, 0.4) is 0 Å². The van der Waals surface area contributed by atoms with Gasteiger partial charge < -0.3 is 4.74 Å². The molecule has 9 heteroatoms. The number of carbonyl (C=O) groups is 2. The van der Waals surface area contributed by atoms with Crippen LogP contribution >= 0.6 is 0 Å². The number of hydrogen-bond donors (Lipinski definition) is 4. The van der Waals surface area contributed by atoms with E-state index in [1.54, 1.807) is 0 Å². The quantitative estimate of drug-likeness (QED) is 0.228. The molecule has 0 heterocycles. The van der Waals surface area contributed by atoms with E-state index < -0.39 is 17.7 Å². The third-order valence-corrected chi connectivity index (χ3v) is 3.88. The molecule has 0 aliphatic heterocycles. The molecule has 6 N–H and O–H groups in total. The number of nitrogens with zero attached hydrogens (tertiary/aromatic N) is 2. The van der Waals surface area contributed by atoms with Gasteiger partial charge in [0.05, 0.1) is 5.56 Å². The van der Waals surface area contributed by atoms with Gasteiger partial charge in [-0.3, -0.25) is 30.2 Å². The van der Waals surface area contributed by atoms with E-state index >= 15 is 0 Å². The van der Waals surface area contributed by atoms with Crippen molar-refractivity contribution in [1.29, 1.82) is 0 Å². The molecule has 0 spiro atoms. The fourth-order valence-electron chi connectivity index (χ4n) is 2.56. The number of ether oxygens (including phenoxy) is 1. The number of rotatable bonds is 7. The highest BCUT2D eigenvalue weighted by atomic mass is 16.5. The number of carbonyl (C=O) groups excluding carboxylic acids is 2. The topological polar surface area (TPSA) is 126 Å². The van der Waals surface area contributed by atoms with Crippen molar-refractivity contribution in [1.82, 2.24) is 20.7 Å². The molecule has 0 unspecified atom stereocenters. The van der Waals surface area contributed by atoms with Crippen LogP contribution < -0.4 is 27.3 Å². The van der Waals surface area contributed by atoms with Crippen LogP contribution in [0.2, 0.25) is 0 Å². The predicted molar refractivity (Wildman–Crippen MR) is 90.8 cm³/mol. The first-order chi connectivity index (χ1) is 11.2. The maximum Gasteiger partial charge on any atom is 0.268 e. The van der Waals surface area contributed by atoms with E-state index in [1.807, 2.05) is 44.9 Å². The molecule has 1 aromatic carbocycles. The Kier molecular flexibility index (Phi) is 6.67. The van der Waals surface area contributed by atoms with Crippen molar-refractivity contribution in [3.8, 4) is 5.75 Å². The minimum atomic E-state index is -0.818. The molecule has 2 amide bonds. The van der Waals surface area contributed by atoms with E-state index in [4.69, 9.17) is 16.4 Å². The van der Waals surface area contributed by atoms with E-state index in [-0.39, 0.29) is 16.9 Å². The second-order valence-electron chi connectivity index (χ2n) is 5.65. The van der Waals surface area contributed by atoms with Crippen LogP contribution in [0.4, 0.5) is 0 Å². The third-order valence-electron chi connectivity index (χ3n) is 3.88. The highest BCUT2D eigenvalue weighted by Gasteiger charge is 2.37.